The van der Waals surface area contributed by atoms with Gasteiger partial charge in [-0.1, -0.05) is 17.3 Å². The lowest BCUT2D eigenvalue weighted by atomic mass is 9.86. The molecule has 26 heavy (non-hydrogen) atoms. The molecular formula is C17H23FN4O3S. The first kappa shape index (κ1) is 18.8. The quantitative estimate of drug-likeness (QED) is 0.764. The Morgan fingerprint density at radius 2 is 1.96 bits per heavy atom. The molecule has 2 aromatic rings. The van der Waals surface area contributed by atoms with Crippen LogP contribution in [0.4, 0.5) is 10.4 Å². The van der Waals surface area contributed by atoms with Crippen LogP contribution in [0.3, 0.4) is 0 Å². The zero-order chi connectivity index (χ0) is 18.6. The highest BCUT2D eigenvalue weighted by atomic mass is 32.2. The molecule has 1 saturated carbocycles. The molecule has 1 aromatic carbocycles. The van der Waals surface area contributed by atoms with Gasteiger partial charge in [0.05, 0.1) is 11.3 Å². The van der Waals surface area contributed by atoms with Crippen molar-refractivity contribution in [2.75, 3.05) is 17.6 Å². The first-order valence-electron chi connectivity index (χ1n) is 8.79. The standard InChI is InChI=1S/C17H23FN4O3S/c1-2-26(23,24)19-11-12-7-9-13(10-8-12)20-17-21-16(22-25-17)14-5-3-4-6-15(14)18/h3-6,12-13,19H,2,7-11H2,1H3,(H,20,21,22). The van der Waals surface area contributed by atoms with E-state index in [9.17, 15) is 12.8 Å². The Labute approximate surface area is 152 Å². The number of halogens is 1. The molecule has 0 atom stereocenters. The Morgan fingerprint density at radius 1 is 1.23 bits per heavy atom. The van der Waals surface area contributed by atoms with E-state index in [1.807, 2.05) is 0 Å². The lowest BCUT2D eigenvalue weighted by Gasteiger charge is -2.28. The number of rotatable bonds is 7. The van der Waals surface area contributed by atoms with Crippen molar-refractivity contribution in [1.29, 1.82) is 0 Å². The molecule has 0 aliphatic heterocycles. The number of anilines is 1. The molecule has 1 heterocycles. The molecule has 0 radical (unpaired) electrons. The topological polar surface area (TPSA) is 97.1 Å². The summed E-state index contributed by atoms with van der Waals surface area (Å²) in [4.78, 5) is 4.21. The Kier molecular flexibility index (Phi) is 5.87. The number of sulfonamides is 1. The number of benzene rings is 1. The summed E-state index contributed by atoms with van der Waals surface area (Å²) in [6.45, 7) is 2.12. The smallest absolute Gasteiger partial charge is 0.322 e. The third kappa shape index (κ3) is 4.79. The molecule has 3 rings (SSSR count). The van der Waals surface area contributed by atoms with Gasteiger partial charge >= 0.3 is 6.01 Å². The Balaban J connectivity index is 1.50. The third-order valence-electron chi connectivity index (χ3n) is 4.69. The van der Waals surface area contributed by atoms with E-state index >= 15 is 0 Å². The maximum Gasteiger partial charge on any atom is 0.322 e. The van der Waals surface area contributed by atoms with Gasteiger partial charge in [0.2, 0.25) is 15.8 Å². The van der Waals surface area contributed by atoms with Crippen LogP contribution in [0.25, 0.3) is 11.4 Å². The maximum absolute atomic E-state index is 13.8. The molecule has 7 nitrogen and oxygen atoms in total. The van der Waals surface area contributed by atoms with Gasteiger partial charge in [0, 0.05) is 12.6 Å². The molecule has 1 aliphatic rings. The van der Waals surface area contributed by atoms with E-state index in [1.165, 1.54) is 6.07 Å². The summed E-state index contributed by atoms with van der Waals surface area (Å²) >= 11 is 0. The van der Waals surface area contributed by atoms with E-state index in [-0.39, 0.29) is 23.6 Å². The zero-order valence-electron chi connectivity index (χ0n) is 14.6. The Hall–Kier alpha value is -2.00. The van der Waals surface area contributed by atoms with Crippen molar-refractivity contribution in [2.24, 2.45) is 5.92 Å². The summed E-state index contributed by atoms with van der Waals surface area (Å²) in [5.74, 6) is 0.264. The summed E-state index contributed by atoms with van der Waals surface area (Å²) in [6.07, 6.45) is 3.60. The van der Waals surface area contributed by atoms with E-state index in [1.54, 1.807) is 25.1 Å². The number of nitrogens with zero attached hydrogens (tertiary/aromatic N) is 2. The first-order valence-corrected chi connectivity index (χ1v) is 10.4. The van der Waals surface area contributed by atoms with Gasteiger partial charge in [0.15, 0.2) is 0 Å². The van der Waals surface area contributed by atoms with Crippen molar-refractivity contribution in [1.82, 2.24) is 14.9 Å². The zero-order valence-corrected chi connectivity index (χ0v) is 15.4. The monoisotopic (exact) mass is 382 g/mol. The van der Waals surface area contributed by atoms with Crippen LogP contribution in [0.1, 0.15) is 32.6 Å². The van der Waals surface area contributed by atoms with Crippen LogP contribution in [0, 0.1) is 11.7 Å². The average molecular weight is 382 g/mol. The summed E-state index contributed by atoms with van der Waals surface area (Å²) in [5, 5.41) is 7.02. The normalized spacial score (nSPS) is 20.8. The number of aromatic nitrogens is 2. The van der Waals surface area contributed by atoms with E-state index < -0.39 is 15.8 Å². The summed E-state index contributed by atoms with van der Waals surface area (Å²) < 4.78 is 44.6. The van der Waals surface area contributed by atoms with E-state index in [2.05, 4.69) is 20.2 Å². The van der Waals surface area contributed by atoms with Crippen molar-refractivity contribution in [3.63, 3.8) is 0 Å². The fraction of sp³-hybridized carbons (Fsp3) is 0.529. The second-order valence-electron chi connectivity index (χ2n) is 6.52. The van der Waals surface area contributed by atoms with Gasteiger partial charge < -0.3 is 9.84 Å². The minimum atomic E-state index is -3.14. The van der Waals surface area contributed by atoms with Gasteiger partial charge in [0.25, 0.3) is 0 Å². The van der Waals surface area contributed by atoms with Crippen molar-refractivity contribution in [2.45, 2.75) is 38.6 Å². The molecule has 9 heteroatoms. The molecule has 0 spiro atoms. The van der Waals surface area contributed by atoms with Crippen molar-refractivity contribution < 1.29 is 17.3 Å². The van der Waals surface area contributed by atoms with Gasteiger partial charge in [-0.2, -0.15) is 4.98 Å². The molecular weight excluding hydrogens is 359 g/mol. The van der Waals surface area contributed by atoms with E-state index in [0.717, 1.165) is 25.7 Å². The molecule has 1 aliphatic carbocycles. The largest absolute Gasteiger partial charge is 0.335 e. The van der Waals surface area contributed by atoms with Crippen molar-refractivity contribution in [3.05, 3.63) is 30.1 Å². The van der Waals surface area contributed by atoms with E-state index in [4.69, 9.17) is 4.52 Å². The SMILES string of the molecule is CCS(=O)(=O)NCC1CCC(Nc2nc(-c3ccccc3F)no2)CC1. The molecule has 1 fully saturated rings. The van der Waals surface area contributed by atoms with Gasteiger partial charge in [-0.3, -0.25) is 0 Å². The van der Waals surface area contributed by atoms with Gasteiger partial charge in [0.1, 0.15) is 5.82 Å². The highest BCUT2D eigenvalue weighted by Gasteiger charge is 2.24. The van der Waals surface area contributed by atoms with Crippen LogP contribution in [-0.2, 0) is 10.0 Å². The highest BCUT2D eigenvalue weighted by molar-refractivity contribution is 7.89. The van der Waals surface area contributed by atoms with Crippen LogP contribution in [0.2, 0.25) is 0 Å². The summed E-state index contributed by atoms with van der Waals surface area (Å²) in [6, 6.07) is 6.74. The highest BCUT2D eigenvalue weighted by Crippen LogP contribution is 2.27. The number of hydrogen-bond acceptors (Lipinski definition) is 6. The lowest BCUT2D eigenvalue weighted by Crippen LogP contribution is -2.34. The number of hydrogen-bond donors (Lipinski definition) is 2. The molecule has 1 aromatic heterocycles. The molecule has 142 valence electrons. The van der Waals surface area contributed by atoms with Crippen LogP contribution in [-0.4, -0.2) is 36.9 Å². The van der Waals surface area contributed by atoms with E-state index in [0.29, 0.717) is 18.0 Å². The second-order valence-corrected chi connectivity index (χ2v) is 8.61. The first-order chi connectivity index (χ1) is 12.5. The fourth-order valence-electron chi connectivity index (χ4n) is 3.07. The van der Waals surface area contributed by atoms with Crippen LogP contribution < -0.4 is 10.0 Å². The predicted octanol–water partition coefficient (Wildman–Crippen LogP) is 2.79. The minimum absolute atomic E-state index is 0.103. The minimum Gasteiger partial charge on any atom is -0.335 e. The van der Waals surface area contributed by atoms with Gasteiger partial charge in [-0.15, -0.1) is 0 Å². The molecule has 0 amide bonds. The second kappa shape index (κ2) is 8.13. The fourth-order valence-corrected chi connectivity index (χ4v) is 3.76. The van der Waals surface area contributed by atoms with Gasteiger partial charge in [-0.05, 0) is 50.7 Å². The van der Waals surface area contributed by atoms with Crippen LogP contribution in [0.5, 0.6) is 0 Å². The predicted molar refractivity (Wildman–Crippen MR) is 96.5 cm³/mol. The molecule has 2 N–H and O–H groups in total. The third-order valence-corrected chi connectivity index (χ3v) is 6.05. The van der Waals surface area contributed by atoms with Crippen LogP contribution >= 0.6 is 0 Å². The lowest BCUT2D eigenvalue weighted by molar-refractivity contribution is 0.330. The molecule has 0 unspecified atom stereocenters. The number of nitrogens with one attached hydrogen (secondary N) is 2. The van der Waals surface area contributed by atoms with Crippen molar-refractivity contribution in [3.8, 4) is 11.4 Å². The maximum atomic E-state index is 13.8. The summed E-state index contributed by atoms with van der Waals surface area (Å²) in [5.41, 5.74) is 0.302. The Bertz CT molecular complexity index is 832. The Morgan fingerprint density at radius 3 is 2.65 bits per heavy atom. The summed E-state index contributed by atoms with van der Waals surface area (Å²) in [7, 11) is -3.14. The van der Waals surface area contributed by atoms with Crippen molar-refractivity contribution >= 4 is 16.0 Å². The van der Waals surface area contributed by atoms with Gasteiger partial charge in [-0.25, -0.2) is 17.5 Å². The molecule has 0 saturated heterocycles. The molecule has 0 bridgehead atoms. The average Bonchev–Trinajstić information content (AvgIpc) is 3.10. The van der Waals surface area contributed by atoms with Crippen LogP contribution in [0.15, 0.2) is 28.8 Å².